The maximum Gasteiger partial charge on any atom is 0.174 e. The number of aromatic nitrogens is 1. The zero-order chi connectivity index (χ0) is 23.9. The number of para-hydroxylation sites is 2. The van der Waals surface area contributed by atoms with E-state index in [2.05, 4.69) is 16.4 Å². The van der Waals surface area contributed by atoms with E-state index >= 15 is 0 Å². The van der Waals surface area contributed by atoms with Gasteiger partial charge in [-0.2, -0.15) is 10.5 Å². The van der Waals surface area contributed by atoms with Crippen molar-refractivity contribution in [2.24, 2.45) is 0 Å². The monoisotopic (exact) mass is 452 g/mol. The molecule has 0 aliphatic rings. The summed E-state index contributed by atoms with van der Waals surface area (Å²) in [5.41, 5.74) is 2.29. The predicted octanol–water partition coefficient (Wildman–Crippen LogP) is 5.56. The highest BCUT2D eigenvalue weighted by atomic mass is 16.5. The van der Waals surface area contributed by atoms with Crippen molar-refractivity contribution >= 4 is 22.3 Å². The van der Waals surface area contributed by atoms with Crippen molar-refractivity contribution in [3.05, 3.63) is 72.4 Å². The van der Waals surface area contributed by atoms with E-state index in [-0.39, 0.29) is 6.61 Å². The topological polar surface area (TPSA) is 109 Å². The molecule has 0 saturated heterocycles. The SMILES string of the molecule is COc1cc2c(Nc3ccc(Oc4ccccc4OC)cc3)c(C#N)cnc2cc1OCC#N. The number of pyridine rings is 1. The van der Waals surface area contributed by atoms with Gasteiger partial charge in [0.15, 0.2) is 29.6 Å². The Morgan fingerprint density at radius 3 is 2.29 bits per heavy atom. The molecule has 4 aromatic rings. The molecule has 1 heterocycles. The van der Waals surface area contributed by atoms with E-state index in [4.69, 9.17) is 24.2 Å². The molecule has 0 aliphatic heterocycles. The molecule has 3 aromatic carbocycles. The highest BCUT2D eigenvalue weighted by Crippen LogP contribution is 2.37. The number of anilines is 2. The number of nitriles is 2. The molecular weight excluding hydrogens is 432 g/mol. The van der Waals surface area contributed by atoms with Gasteiger partial charge in [-0.3, -0.25) is 4.98 Å². The summed E-state index contributed by atoms with van der Waals surface area (Å²) in [7, 11) is 3.10. The van der Waals surface area contributed by atoms with Crippen LogP contribution in [0.1, 0.15) is 5.56 Å². The van der Waals surface area contributed by atoms with Crippen LogP contribution in [0.5, 0.6) is 28.7 Å². The van der Waals surface area contributed by atoms with Crippen molar-refractivity contribution in [3.8, 4) is 40.9 Å². The first-order valence-corrected chi connectivity index (χ1v) is 10.3. The van der Waals surface area contributed by atoms with Crippen LogP contribution in [0.25, 0.3) is 10.9 Å². The van der Waals surface area contributed by atoms with Crippen LogP contribution in [0.4, 0.5) is 11.4 Å². The number of rotatable bonds is 8. The highest BCUT2D eigenvalue weighted by molar-refractivity contribution is 5.97. The van der Waals surface area contributed by atoms with E-state index in [9.17, 15) is 5.26 Å². The van der Waals surface area contributed by atoms with Crippen LogP contribution < -0.4 is 24.3 Å². The standard InChI is InChI=1S/C26H20N4O4/c1-31-22-5-3-4-6-23(22)34-19-9-7-18(8-10-19)30-26-17(15-28)16-29-21-14-25(33-12-11-27)24(32-2)13-20(21)26/h3-10,13-14,16H,12H2,1-2H3,(H,29,30). The summed E-state index contributed by atoms with van der Waals surface area (Å²) in [5.74, 6) is 2.72. The third-order valence-electron chi connectivity index (χ3n) is 4.99. The van der Waals surface area contributed by atoms with Crippen molar-refractivity contribution in [1.29, 1.82) is 10.5 Å². The molecule has 8 heteroatoms. The van der Waals surface area contributed by atoms with Gasteiger partial charge < -0.3 is 24.3 Å². The second kappa shape index (κ2) is 10.1. The van der Waals surface area contributed by atoms with Gasteiger partial charge in [-0.25, -0.2) is 0 Å². The summed E-state index contributed by atoms with van der Waals surface area (Å²) in [4.78, 5) is 4.36. The molecule has 4 rings (SSSR count). The van der Waals surface area contributed by atoms with Crippen LogP contribution >= 0.6 is 0 Å². The summed E-state index contributed by atoms with van der Waals surface area (Å²) in [6, 6.07) is 22.3. The zero-order valence-electron chi connectivity index (χ0n) is 18.5. The van der Waals surface area contributed by atoms with Crippen LogP contribution in [0.3, 0.4) is 0 Å². The van der Waals surface area contributed by atoms with Gasteiger partial charge in [-0.05, 0) is 42.5 Å². The molecule has 0 spiro atoms. The van der Waals surface area contributed by atoms with Gasteiger partial charge in [0.1, 0.15) is 17.9 Å². The lowest BCUT2D eigenvalue weighted by Gasteiger charge is -2.15. The Morgan fingerprint density at radius 2 is 1.62 bits per heavy atom. The summed E-state index contributed by atoms with van der Waals surface area (Å²) in [6.45, 7) is -0.119. The number of benzene rings is 3. The maximum absolute atomic E-state index is 9.66. The minimum Gasteiger partial charge on any atom is -0.493 e. The average Bonchev–Trinajstić information content (AvgIpc) is 2.88. The first kappa shape index (κ1) is 22.3. The van der Waals surface area contributed by atoms with Crippen LogP contribution in [0.2, 0.25) is 0 Å². The van der Waals surface area contributed by atoms with Gasteiger partial charge in [0.2, 0.25) is 0 Å². The van der Waals surface area contributed by atoms with E-state index in [1.165, 1.54) is 13.3 Å². The Labute approximate surface area is 196 Å². The number of hydrogen-bond acceptors (Lipinski definition) is 8. The van der Waals surface area contributed by atoms with E-state index in [1.807, 2.05) is 54.6 Å². The fourth-order valence-corrected chi connectivity index (χ4v) is 3.38. The molecule has 0 fully saturated rings. The molecule has 8 nitrogen and oxygen atoms in total. The second-order valence-electron chi connectivity index (χ2n) is 7.03. The number of fused-ring (bicyclic) bond motifs is 1. The molecule has 0 bridgehead atoms. The lowest BCUT2D eigenvalue weighted by atomic mass is 10.1. The minimum absolute atomic E-state index is 0.119. The molecule has 0 amide bonds. The fraction of sp³-hybridized carbons (Fsp3) is 0.115. The molecule has 0 aliphatic carbocycles. The molecule has 168 valence electrons. The van der Waals surface area contributed by atoms with E-state index in [0.29, 0.717) is 50.9 Å². The predicted molar refractivity (Wildman–Crippen MR) is 127 cm³/mol. The molecule has 0 saturated carbocycles. The Bertz CT molecular complexity index is 1410. The number of ether oxygens (including phenoxy) is 4. The van der Waals surface area contributed by atoms with Crippen molar-refractivity contribution in [1.82, 2.24) is 4.98 Å². The van der Waals surface area contributed by atoms with Gasteiger partial charge >= 0.3 is 0 Å². The number of hydrogen-bond donors (Lipinski definition) is 1. The summed E-state index contributed by atoms with van der Waals surface area (Å²) < 4.78 is 22.1. The first-order chi connectivity index (χ1) is 16.7. The third-order valence-corrected chi connectivity index (χ3v) is 4.99. The molecule has 1 aromatic heterocycles. The van der Waals surface area contributed by atoms with Gasteiger partial charge in [0.05, 0.1) is 31.0 Å². The van der Waals surface area contributed by atoms with Crippen LogP contribution in [-0.4, -0.2) is 25.8 Å². The molecule has 0 atom stereocenters. The Kier molecular flexibility index (Phi) is 6.62. The van der Waals surface area contributed by atoms with Crippen LogP contribution in [0, 0.1) is 22.7 Å². The normalized spacial score (nSPS) is 10.1. The highest BCUT2D eigenvalue weighted by Gasteiger charge is 2.15. The fourth-order valence-electron chi connectivity index (χ4n) is 3.38. The number of nitrogens with one attached hydrogen (secondary N) is 1. The van der Waals surface area contributed by atoms with Gasteiger partial charge in [-0.1, -0.05) is 12.1 Å². The minimum atomic E-state index is -0.119. The lowest BCUT2D eigenvalue weighted by molar-refractivity contribution is 0.330. The van der Waals surface area contributed by atoms with Crippen molar-refractivity contribution in [2.45, 2.75) is 0 Å². The Morgan fingerprint density at radius 1 is 0.882 bits per heavy atom. The Hall–Kier alpha value is -4.95. The largest absolute Gasteiger partial charge is 0.493 e. The molecule has 34 heavy (non-hydrogen) atoms. The maximum atomic E-state index is 9.66. The average molecular weight is 452 g/mol. The second-order valence-corrected chi connectivity index (χ2v) is 7.03. The number of methoxy groups -OCH3 is 2. The summed E-state index contributed by atoms with van der Waals surface area (Å²) >= 11 is 0. The van der Waals surface area contributed by atoms with E-state index in [0.717, 1.165) is 5.69 Å². The van der Waals surface area contributed by atoms with Crippen molar-refractivity contribution < 1.29 is 18.9 Å². The summed E-state index contributed by atoms with van der Waals surface area (Å²) in [6.07, 6.45) is 1.49. The first-order valence-electron chi connectivity index (χ1n) is 10.3. The zero-order valence-corrected chi connectivity index (χ0v) is 18.5. The number of nitrogens with zero attached hydrogens (tertiary/aromatic N) is 3. The van der Waals surface area contributed by atoms with Crippen LogP contribution in [0.15, 0.2) is 66.9 Å². The third kappa shape index (κ3) is 4.62. The lowest BCUT2D eigenvalue weighted by Crippen LogP contribution is -2.00. The summed E-state index contributed by atoms with van der Waals surface area (Å²) in [5, 5.41) is 22.5. The quantitative estimate of drug-likeness (QED) is 0.370. The molecule has 1 N–H and O–H groups in total. The van der Waals surface area contributed by atoms with Crippen molar-refractivity contribution in [3.63, 3.8) is 0 Å². The van der Waals surface area contributed by atoms with Gasteiger partial charge in [0.25, 0.3) is 0 Å². The van der Waals surface area contributed by atoms with Gasteiger partial charge in [0, 0.05) is 23.3 Å². The van der Waals surface area contributed by atoms with E-state index < -0.39 is 0 Å². The molecular formula is C26H20N4O4. The van der Waals surface area contributed by atoms with Crippen LogP contribution in [-0.2, 0) is 0 Å². The van der Waals surface area contributed by atoms with Crippen molar-refractivity contribution in [2.75, 3.05) is 26.1 Å². The Balaban J connectivity index is 1.65. The smallest absolute Gasteiger partial charge is 0.174 e. The van der Waals surface area contributed by atoms with Gasteiger partial charge in [-0.15, -0.1) is 0 Å². The molecule has 0 unspecified atom stereocenters. The van der Waals surface area contributed by atoms with E-state index in [1.54, 1.807) is 19.2 Å². The molecule has 0 radical (unpaired) electrons.